The van der Waals surface area contributed by atoms with E-state index in [9.17, 15) is 9.59 Å². The lowest BCUT2D eigenvalue weighted by molar-refractivity contribution is -0.123. The van der Waals surface area contributed by atoms with Gasteiger partial charge in [0.25, 0.3) is 0 Å². The van der Waals surface area contributed by atoms with Crippen molar-refractivity contribution in [3.8, 4) is 0 Å². The van der Waals surface area contributed by atoms with Gasteiger partial charge in [-0.25, -0.2) is 0 Å². The van der Waals surface area contributed by atoms with Gasteiger partial charge in [-0.15, -0.1) is 0 Å². The average Bonchev–Trinajstić information content (AvgIpc) is 2.69. The van der Waals surface area contributed by atoms with Crippen LogP contribution in [0.2, 0.25) is 0 Å². The van der Waals surface area contributed by atoms with Gasteiger partial charge >= 0.3 is 0 Å². The minimum absolute atomic E-state index is 0.0578. The number of nitrogens with one attached hydrogen (secondary N) is 2. The van der Waals surface area contributed by atoms with Crippen molar-refractivity contribution in [2.75, 3.05) is 30.4 Å². The number of aryl methyl sites for hydroxylation is 1. The number of amides is 2. The van der Waals surface area contributed by atoms with Gasteiger partial charge in [0.05, 0.1) is 13.1 Å². The third-order valence-electron chi connectivity index (χ3n) is 4.88. The second kappa shape index (κ2) is 8.57. The Kier molecular flexibility index (Phi) is 5.94. The highest BCUT2D eigenvalue weighted by molar-refractivity contribution is 5.96. The second-order valence-electron chi connectivity index (χ2n) is 6.96. The summed E-state index contributed by atoms with van der Waals surface area (Å²) in [7, 11) is 1.86. The van der Waals surface area contributed by atoms with Gasteiger partial charge in [0, 0.05) is 18.4 Å². The third kappa shape index (κ3) is 4.68. The predicted octanol–water partition coefficient (Wildman–Crippen LogP) is 3.65. The molecule has 0 spiro atoms. The van der Waals surface area contributed by atoms with Gasteiger partial charge < -0.3 is 15.5 Å². The standard InChI is InChI=1S/C23H25N3O2/c1-16-7-6-10-21(17(16)2)25-22(27)14-24-23(28)15-26(3)20-12-11-18-8-4-5-9-19(18)13-20/h4-13H,14-15H2,1-3H3,(H,24,28)(H,25,27). The maximum absolute atomic E-state index is 12.2. The van der Waals surface area contributed by atoms with E-state index in [0.717, 1.165) is 33.3 Å². The first kappa shape index (κ1) is 19.4. The van der Waals surface area contributed by atoms with E-state index in [1.165, 1.54) is 0 Å². The van der Waals surface area contributed by atoms with Gasteiger partial charge in [0.15, 0.2) is 0 Å². The average molecular weight is 375 g/mol. The van der Waals surface area contributed by atoms with E-state index >= 15 is 0 Å². The Morgan fingerprint density at radius 1 is 0.893 bits per heavy atom. The first-order valence-corrected chi connectivity index (χ1v) is 9.27. The Morgan fingerprint density at radius 3 is 2.43 bits per heavy atom. The summed E-state index contributed by atoms with van der Waals surface area (Å²) < 4.78 is 0. The fourth-order valence-corrected chi connectivity index (χ4v) is 3.04. The van der Waals surface area contributed by atoms with Crippen LogP contribution in [0.3, 0.4) is 0 Å². The normalized spacial score (nSPS) is 10.5. The Morgan fingerprint density at radius 2 is 1.64 bits per heavy atom. The summed E-state index contributed by atoms with van der Waals surface area (Å²) in [6.45, 7) is 4.07. The molecule has 0 aromatic heterocycles. The maximum Gasteiger partial charge on any atom is 0.243 e. The van der Waals surface area contributed by atoms with Gasteiger partial charge in [-0.3, -0.25) is 9.59 Å². The van der Waals surface area contributed by atoms with Crippen LogP contribution in [-0.4, -0.2) is 32.0 Å². The molecule has 0 saturated heterocycles. The summed E-state index contributed by atoms with van der Waals surface area (Å²) in [6, 6.07) is 19.9. The summed E-state index contributed by atoms with van der Waals surface area (Å²) in [5, 5.41) is 7.81. The molecule has 3 rings (SSSR count). The molecule has 28 heavy (non-hydrogen) atoms. The van der Waals surface area contributed by atoms with E-state index in [0.29, 0.717) is 0 Å². The highest BCUT2D eigenvalue weighted by Crippen LogP contribution is 2.21. The predicted molar refractivity (Wildman–Crippen MR) is 115 cm³/mol. The van der Waals surface area contributed by atoms with E-state index in [2.05, 4.69) is 22.8 Å². The molecule has 0 aliphatic heterocycles. The molecule has 2 amide bonds. The first-order chi connectivity index (χ1) is 13.4. The van der Waals surface area contributed by atoms with E-state index in [4.69, 9.17) is 0 Å². The van der Waals surface area contributed by atoms with Crippen molar-refractivity contribution in [1.82, 2.24) is 5.32 Å². The number of rotatable bonds is 6. The zero-order chi connectivity index (χ0) is 20.1. The summed E-state index contributed by atoms with van der Waals surface area (Å²) >= 11 is 0. The summed E-state index contributed by atoms with van der Waals surface area (Å²) in [5.74, 6) is -0.442. The Bertz CT molecular complexity index is 1010. The number of carbonyl (C=O) groups is 2. The van der Waals surface area contributed by atoms with Gasteiger partial charge in [-0.2, -0.15) is 0 Å². The molecule has 0 radical (unpaired) electrons. The molecule has 5 nitrogen and oxygen atoms in total. The third-order valence-corrected chi connectivity index (χ3v) is 4.88. The zero-order valence-electron chi connectivity index (χ0n) is 16.5. The van der Waals surface area contributed by atoms with Crippen LogP contribution in [-0.2, 0) is 9.59 Å². The van der Waals surface area contributed by atoms with Gasteiger partial charge in [-0.05, 0) is 53.9 Å². The Labute approximate surface area is 165 Å². The molecule has 0 aliphatic rings. The van der Waals surface area contributed by atoms with Gasteiger partial charge in [-0.1, -0.05) is 42.5 Å². The molecule has 3 aromatic carbocycles. The molecule has 0 atom stereocenters. The van der Waals surface area contributed by atoms with Crippen LogP contribution in [0.15, 0.2) is 60.7 Å². The van der Waals surface area contributed by atoms with Crippen molar-refractivity contribution in [3.05, 3.63) is 71.8 Å². The van der Waals surface area contributed by atoms with Crippen molar-refractivity contribution < 1.29 is 9.59 Å². The Hall–Kier alpha value is -3.34. The number of nitrogens with zero attached hydrogens (tertiary/aromatic N) is 1. The number of hydrogen-bond donors (Lipinski definition) is 2. The first-order valence-electron chi connectivity index (χ1n) is 9.27. The Balaban J connectivity index is 1.53. The van der Waals surface area contributed by atoms with Crippen molar-refractivity contribution in [1.29, 1.82) is 0 Å². The molecule has 0 heterocycles. The van der Waals surface area contributed by atoms with E-state index in [1.807, 2.05) is 74.3 Å². The lowest BCUT2D eigenvalue weighted by atomic mass is 10.1. The topological polar surface area (TPSA) is 61.4 Å². The number of anilines is 2. The SMILES string of the molecule is Cc1cccc(NC(=O)CNC(=O)CN(C)c2ccc3ccccc3c2)c1C. The minimum atomic E-state index is -0.240. The molecule has 0 aliphatic carbocycles. The van der Waals surface area contributed by atoms with Crippen LogP contribution < -0.4 is 15.5 Å². The number of carbonyl (C=O) groups excluding carboxylic acids is 2. The molecular weight excluding hydrogens is 350 g/mol. The van der Waals surface area contributed by atoms with Crippen LogP contribution >= 0.6 is 0 Å². The molecule has 0 fully saturated rings. The van der Waals surface area contributed by atoms with Crippen molar-refractivity contribution in [2.24, 2.45) is 0 Å². The molecule has 5 heteroatoms. The van der Waals surface area contributed by atoms with Crippen LogP contribution in [0, 0.1) is 13.8 Å². The van der Waals surface area contributed by atoms with Gasteiger partial charge in [0.1, 0.15) is 0 Å². The lowest BCUT2D eigenvalue weighted by Gasteiger charge is -2.19. The van der Waals surface area contributed by atoms with Crippen molar-refractivity contribution in [3.63, 3.8) is 0 Å². The smallest absolute Gasteiger partial charge is 0.243 e. The van der Waals surface area contributed by atoms with Crippen LogP contribution in [0.25, 0.3) is 10.8 Å². The molecule has 0 unspecified atom stereocenters. The number of hydrogen-bond acceptors (Lipinski definition) is 3. The maximum atomic E-state index is 12.2. The fourth-order valence-electron chi connectivity index (χ4n) is 3.04. The molecule has 2 N–H and O–H groups in total. The monoisotopic (exact) mass is 375 g/mol. The highest BCUT2D eigenvalue weighted by Gasteiger charge is 2.11. The molecule has 0 saturated carbocycles. The summed E-state index contributed by atoms with van der Waals surface area (Å²) in [4.78, 5) is 26.2. The van der Waals surface area contributed by atoms with Crippen LogP contribution in [0.4, 0.5) is 11.4 Å². The lowest BCUT2D eigenvalue weighted by Crippen LogP contribution is -2.39. The quantitative estimate of drug-likeness (QED) is 0.691. The van der Waals surface area contributed by atoms with Crippen molar-refractivity contribution in [2.45, 2.75) is 13.8 Å². The zero-order valence-corrected chi connectivity index (χ0v) is 16.5. The van der Waals surface area contributed by atoms with E-state index in [1.54, 1.807) is 0 Å². The van der Waals surface area contributed by atoms with Gasteiger partial charge in [0.2, 0.25) is 11.8 Å². The summed E-state index contributed by atoms with van der Waals surface area (Å²) in [6.07, 6.45) is 0. The molecule has 3 aromatic rings. The number of benzene rings is 3. The van der Waals surface area contributed by atoms with Crippen molar-refractivity contribution >= 4 is 34.0 Å². The fraction of sp³-hybridized carbons (Fsp3) is 0.217. The number of likely N-dealkylation sites (N-methyl/N-ethyl adjacent to an activating group) is 1. The molecule has 0 bridgehead atoms. The van der Waals surface area contributed by atoms with Crippen LogP contribution in [0.5, 0.6) is 0 Å². The summed E-state index contributed by atoms with van der Waals surface area (Å²) in [5.41, 5.74) is 3.86. The number of fused-ring (bicyclic) bond motifs is 1. The largest absolute Gasteiger partial charge is 0.365 e. The van der Waals surface area contributed by atoms with Crippen LogP contribution in [0.1, 0.15) is 11.1 Å². The molecular formula is C23H25N3O2. The highest BCUT2D eigenvalue weighted by atomic mass is 16.2. The second-order valence-corrected chi connectivity index (χ2v) is 6.96. The minimum Gasteiger partial charge on any atom is -0.365 e. The van der Waals surface area contributed by atoms with E-state index < -0.39 is 0 Å². The molecule has 144 valence electrons. The van der Waals surface area contributed by atoms with E-state index in [-0.39, 0.29) is 24.9 Å².